The molecule has 30 heavy (non-hydrogen) atoms. The molecular weight excluding hydrogens is 364 g/mol. The zero-order chi connectivity index (χ0) is 21.4. The van der Waals surface area contributed by atoms with E-state index in [0.717, 1.165) is 60.2 Å². The monoisotopic (exact) mass is 412 g/mol. The molecular formula is C29H48O. The predicted octanol–water partition coefficient (Wildman–Crippen LogP) is 7.63. The first-order valence-corrected chi connectivity index (χ1v) is 13.6. The second-order valence-corrected chi connectivity index (χ2v) is 13.4. The van der Waals surface area contributed by atoms with Crippen LogP contribution in [0, 0.1) is 58.2 Å². The normalized spacial score (nSPS) is 51.4. The van der Waals surface area contributed by atoms with E-state index in [2.05, 4.69) is 41.5 Å². The van der Waals surface area contributed by atoms with Crippen LogP contribution in [-0.2, 0) is 0 Å². The largest absolute Gasteiger partial charge is 0.393 e. The van der Waals surface area contributed by atoms with Gasteiger partial charge in [0.05, 0.1) is 6.10 Å². The van der Waals surface area contributed by atoms with Crippen molar-refractivity contribution in [3.8, 4) is 0 Å². The van der Waals surface area contributed by atoms with Gasteiger partial charge in [-0.3, -0.25) is 0 Å². The number of aliphatic hydroxyl groups excluding tert-OH is 1. The van der Waals surface area contributed by atoms with E-state index in [1.807, 2.05) is 5.57 Å². The van der Waals surface area contributed by atoms with Gasteiger partial charge in [-0.1, -0.05) is 52.7 Å². The van der Waals surface area contributed by atoms with Gasteiger partial charge in [0.2, 0.25) is 0 Å². The summed E-state index contributed by atoms with van der Waals surface area (Å²) in [6.45, 7) is 15.2. The van der Waals surface area contributed by atoms with Gasteiger partial charge in [0.1, 0.15) is 0 Å². The molecule has 5 aliphatic rings. The summed E-state index contributed by atoms with van der Waals surface area (Å²) in [4.78, 5) is 0. The van der Waals surface area contributed by atoms with Gasteiger partial charge in [0, 0.05) is 0 Å². The summed E-state index contributed by atoms with van der Waals surface area (Å²) in [5, 5.41) is 10.3. The molecule has 1 heteroatoms. The van der Waals surface area contributed by atoms with Crippen LogP contribution in [-0.4, -0.2) is 11.2 Å². The lowest BCUT2D eigenvalue weighted by Gasteiger charge is -2.61. The van der Waals surface area contributed by atoms with Gasteiger partial charge in [0.25, 0.3) is 0 Å². The highest BCUT2D eigenvalue weighted by Crippen LogP contribution is 2.68. The number of hydrogen-bond acceptors (Lipinski definition) is 1. The van der Waals surface area contributed by atoms with Crippen LogP contribution in [0.4, 0.5) is 0 Å². The Hall–Kier alpha value is -0.300. The van der Waals surface area contributed by atoms with E-state index >= 15 is 0 Å². The topological polar surface area (TPSA) is 20.2 Å². The highest BCUT2D eigenvalue weighted by molar-refractivity contribution is 5.41. The van der Waals surface area contributed by atoms with Gasteiger partial charge in [-0.05, 0) is 122 Å². The second kappa shape index (κ2) is 7.36. The van der Waals surface area contributed by atoms with Gasteiger partial charge >= 0.3 is 0 Å². The summed E-state index contributed by atoms with van der Waals surface area (Å²) in [5.41, 5.74) is 4.73. The minimum Gasteiger partial charge on any atom is -0.393 e. The molecule has 1 N–H and O–H groups in total. The summed E-state index contributed by atoms with van der Waals surface area (Å²) in [6.07, 6.45) is 13.6. The van der Waals surface area contributed by atoms with E-state index < -0.39 is 0 Å². The molecule has 0 bridgehead atoms. The predicted molar refractivity (Wildman–Crippen MR) is 126 cm³/mol. The summed E-state index contributed by atoms with van der Waals surface area (Å²) in [6, 6.07) is 0. The molecule has 0 heterocycles. The highest BCUT2D eigenvalue weighted by Gasteiger charge is 2.60. The third-order valence-electron chi connectivity index (χ3n) is 11.8. The van der Waals surface area contributed by atoms with Crippen molar-refractivity contribution in [1.82, 2.24) is 0 Å². The van der Waals surface area contributed by atoms with Crippen LogP contribution >= 0.6 is 0 Å². The maximum atomic E-state index is 10.3. The number of allylic oxidation sites excluding steroid dienone is 2. The van der Waals surface area contributed by atoms with Gasteiger partial charge in [0.15, 0.2) is 0 Å². The molecule has 1 nitrogen and oxygen atoms in total. The number of fused-ring (bicyclic) bond motifs is 5. The Morgan fingerprint density at radius 2 is 1.60 bits per heavy atom. The summed E-state index contributed by atoms with van der Waals surface area (Å²) in [5.74, 6) is 7.05. The van der Waals surface area contributed by atoms with E-state index in [-0.39, 0.29) is 6.10 Å². The van der Waals surface area contributed by atoms with Crippen molar-refractivity contribution in [2.45, 2.75) is 112 Å². The molecule has 0 amide bonds. The molecule has 4 saturated carbocycles. The number of rotatable bonds is 4. The van der Waals surface area contributed by atoms with Crippen molar-refractivity contribution in [3.05, 3.63) is 11.1 Å². The molecule has 0 spiro atoms. The zero-order valence-electron chi connectivity index (χ0n) is 20.7. The van der Waals surface area contributed by atoms with Crippen LogP contribution in [0.25, 0.3) is 0 Å². The molecule has 4 fully saturated rings. The van der Waals surface area contributed by atoms with Gasteiger partial charge in [-0.15, -0.1) is 0 Å². The minimum absolute atomic E-state index is 0.0138. The molecule has 5 aliphatic carbocycles. The standard InChI is InChI=1S/C29H48O/c1-17(2)27-19(4)23(27)15-18(3)24-9-10-25-22-8-7-20-16-21(30)11-13-28(20,5)26(22)12-14-29(24,25)6/h17-22,24-26,30H,7-16H2,1-6H3. The van der Waals surface area contributed by atoms with Crippen molar-refractivity contribution in [2.75, 3.05) is 0 Å². The minimum atomic E-state index is -0.0138. The van der Waals surface area contributed by atoms with Crippen molar-refractivity contribution in [2.24, 2.45) is 58.2 Å². The van der Waals surface area contributed by atoms with E-state index in [0.29, 0.717) is 10.8 Å². The quantitative estimate of drug-likeness (QED) is 0.470. The third-order valence-corrected chi connectivity index (χ3v) is 11.8. The van der Waals surface area contributed by atoms with Crippen molar-refractivity contribution in [3.63, 3.8) is 0 Å². The number of hydrogen-bond donors (Lipinski definition) is 1. The van der Waals surface area contributed by atoms with Crippen molar-refractivity contribution < 1.29 is 5.11 Å². The first-order chi connectivity index (χ1) is 14.2. The molecule has 170 valence electrons. The fraction of sp³-hybridized carbons (Fsp3) is 0.931. The summed E-state index contributed by atoms with van der Waals surface area (Å²) >= 11 is 0. The first-order valence-electron chi connectivity index (χ1n) is 13.6. The molecule has 0 aromatic rings. The first kappa shape index (κ1) is 21.5. The molecule has 0 saturated heterocycles. The maximum absolute atomic E-state index is 10.3. The highest BCUT2D eigenvalue weighted by atomic mass is 16.3. The Morgan fingerprint density at radius 3 is 2.30 bits per heavy atom. The Labute approximate surface area is 186 Å². The van der Waals surface area contributed by atoms with Crippen molar-refractivity contribution in [1.29, 1.82) is 0 Å². The van der Waals surface area contributed by atoms with Crippen LogP contribution in [0.1, 0.15) is 106 Å². The smallest absolute Gasteiger partial charge is 0.0543 e. The van der Waals surface area contributed by atoms with Gasteiger partial charge < -0.3 is 5.11 Å². The van der Waals surface area contributed by atoms with E-state index in [1.54, 1.807) is 5.57 Å². The molecule has 0 aliphatic heterocycles. The molecule has 10 unspecified atom stereocenters. The number of aliphatic hydroxyl groups is 1. The van der Waals surface area contributed by atoms with Crippen LogP contribution in [0.15, 0.2) is 11.1 Å². The Morgan fingerprint density at radius 1 is 0.900 bits per heavy atom. The molecule has 5 rings (SSSR count). The van der Waals surface area contributed by atoms with Crippen LogP contribution < -0.4 is 0 Å². The van der Waals surface area contributed by atoms with Gasteiger partial charge in [-0.2, -0.15) is 0 Å². The van der Waals surface area contributed by atoms with Crippen molar-refractivity contribution >= 4 is 0 Å². The second-order valence-electron chi connectivity index (χ2n) is 13.4. The fourth-order valence-corrected chi connectivity index (χ4v) is 10.3. The van der Waals surface area contributed by atoms with Crippen LogP contribution in [0.3, 0.4) is 0 Å². The molecule has 10 atom stereocenters. The molecule has 0 aromatic carbocycles. The van der Waals surface area contributed by atoms with Gasteiger partial charge in [-0.25, -0.2) is 0 Å². The summed E-state index contributed by atoms with van der Waals surface area (Å²) < 4.78 is 0. The lowest BCUT2D eigenvalue weighted by atomic mass is 9.44. The zero-order valence-corrected chi connectivity index (χ0v) is 20.7. The third kappa shape index (κ3) is 3.11. The Kier molecular flexibility index (Phi) is 5.28. The average Bonchev–Trinajstić information content (AvgIpc) is 3.17. The summed E-state index contributed by atoms with van der Waals surface area (Å²) in [7, 11) is 0. The van der Waals surface area contributed by atoms with E-state index in [4.69, 9.17) is 0 Å². The maximum Gasteiger partial charge on any atom is 0.0543 e. The molecule has 0 aromatic heterocycles. The van der Waals surface area contributed by atoms with E-state index in [9.17, 15) is 5.11 Å². The average molecular weight is 413 g/mol. The Balaban J connectivity index is 1.32. The SMILES string of the molecule is CC(C)C1=C(CC(C)C2CCC3C4CCC5CC(O)CCC5(C)C4CCC23C)C1C. The lowest BCUT2D eigenvalue weighted by molar-refractivity contribution is -0.129. The fourth-order valence-electron chi connectivity index (χ4n) is 10.3. The Bertz CT molecular complexity index is 705. The van der Waals surface area contributed by atoms with Crippen LogP contribution in [0.2, 0.25) is 0 Å². The van der Waals surface area contributed by atoms with Crippen LogP contribution in [0.5, 0.6) is 0 Å². The lowest BCUT2D eigenvalue weighted by Crippen LogP contribution is -2.54. The van der Waals surface area contributed by atoms with E-state index in [1.165, 1.54) is 51.4 Å². The molecule has 0 radical (unpaired) electrons.